The molecule has 0 radical (unpaired) electrons. The summed E-state index contributed by atoms with van der Waals surface area (Å²) in [5, 5.41) is 19.5. The molecular weight excluding hydrogens is 311 g/mol. The monoisotopic (exact) mass is 322 g/mol. The maximum Gasteiger partial charge on any atom is 0.354 e. The fourth-order valence-electron chi connectivity index (χ4n) is 1.79. The summed E-state index contributed by atoms with van der Waals surface area (Å²) in [6, 6.07) is 0. The van der Waals surface area contributed by atoms with Gasteiger partial charge in [0.05, 0.1) is 14.4 Å². The van der Waals surface area contributed by atoms with Crippen molar-refractivity contribution in [2.45, 2.75) is 24.5 Å². The molecule has 1 aromatic heterocycles. The number of nitrogens with two attached hydrogens (primary N) is 1. The Bertz CT molecular complexity index is 617. The fraction of sp³-hybridized carbons (Fsp3) is 0.625. The maximum absolute atomic E-state index is 11.6. The topological polar surface area (TPSA) is 196 Å². The highest BCUT2D eigenvalue weighted by Crippen LogP contribution is 2.32. The van der Waals surface area contributed by atoms with E-state index in [1.165, 1.54) is 0 Å². The van der Waals surface area contributed by atoms with Crippen LogP contribution in [0, 0.1) is 0 Å². The third-order valence-electron chi connectivity index (χ3n) is 2.75. The van der Waals surface area contributed by atoms with Crippen LogP contribution in [0.15, 0.2) is 11.1 Å². The molecule has 1 saturated heterocycles. The number of aliphatic hydroxyl groups excluding tert-OH is 2. The number of phosphoric ester groups is 1. The zero-order valence-electron chi connectivity index (χ0n) is 10.3. The van der Waals surface area contributed by atoms with E-state index in [0.717, 1.165) is 10.9 Å². The standard InChI is InChI=1S/C8H13N4O8P/c9-7-10-2-12(8(15)11-7)6-5(14)4(13)3(20-6)1-19-21(16,17)18/h2-6,13-14H,1H2,(H2,9,11,15)(H2,16,17,18)/p-2/t3-,4-,5-,6-/m1/s1. The lowest BCUT2D eigenvalue weighted by molar-refractivity contribution is -0.343. The van der Waals surface area contributed by atoms with E-state index >= 15 is 0 Å². The molecule has 0 amide bonds. The number of nitrogen functional groups attached to an aromatic ring is 1. The minimum atomic E-state index is -5.25. The highest BCUT2D eigenvalue weighted by atomic mass is 31.2. The number of anilines is 1. The van der Waals surface area contributed by atoms with E-state index in [1.54, 1.807) is 0 Å². The van der Waals surface area contributed by atoms with Crippen molar-refractivity contribution in [1.29, 1.82) is 0 Å². The van der Waals surface area contributed by atoms with Gasteiger partial charge in [-0.3, -0.25) is 4.57 Å². The number of phosphoric acid groups is 1. The fourth-order valence-corrected chi connectivity index (χ4v) is 2.12. The van der Waals surface area contributed by atoms with Gasteiger partial charge in [-0.25, -0.2) is 9.78 Å². The molecular formula is C8H11N4O8P-2. The molecule has 0 bridgehead atoms. The van der Waals surface area contributed by atoms with E-state index < -0.39 is 44.7 Å². The molecule has 118 valence electrons. The summed E-state index contributed by atoms with van der Waals surface area (Å²) in [5.41, 5.74) is 4.31. The Labute approximate surface area is 117 Å². The number of rotatable bonds is 4. The Kier molecular flexibility index (Phi) is 4.39. The van der Waals surface area contributed by atoms with Gasteiger partial charge in [0.25, 0.3) is 0 Å². The Morgan fingerprint density at radius 1 is 1.48 bits per heavy atom. The molecule has 4 N–H and O–H groups in total. The summed E-state index contributed by atoms with van der Waals surface area (Å²) in [6.07, 6.45) is -4.92. The Balaban J connectivity index is 2.16. The average molecular weight is 322 g/mol. The van der Waals surface area contributed by atoms with Crippen molar-refractivity contribution in [3.63, 3.8) is 0 Å². The van der Waals surface area contributed by atoms with E-state index in [1.807, 2.05) is 0 Å². The quantitative estimate of drug-likeness (QED) is 0.453. The van der Waals surface area contributed by atoms with Crippen molar-refractivity contribution >= 4 is 13.8 Å². The third kappa shape index (κ3) is 3.63. The molecule has 4 atom stereocenters. The second-order valence-electron chi connectivity index (χ2n) is 4.19. The minimum Gasteiger partial charge on any atom is -0.790 e. The highest BCUT2D eigenvalue weighted by Gasteiger charge is 2.44. The van der Waals surface area contributed by atoms with Gasteiger partial charge in [-0.15, -0.1) is 0 Å². The van der Waals surface area contributed by atoms with Crippen molar-refractivity contribution in [3.8, 4) is 0 Å². The molecule has 1 aliphatic rings. The van der Waals surface area contributed by atoms with Crippen LogP contribution in [0.3, 0.4) is 0 Å². The largest absolute Gasteiger partial charge is 0.790 e. The summed E-state index contributed by atoms with van der Waals surface area (Å²) >= 11 is 0. The zero-order chi connectivity index (χ0) is 15.8. The number of aromatic nitrogens is 3. The lowest BCUT2D eigenvalue weighted by Gasteiger charge is -2.30. The molecule has 13 heteroatoms. The summed E-state index contributed by atoms with van der Waals surface area (Å²) in [5.74, 6) is -0.289. The number of aliphatic hydroxyl groups is 2. The van der Waals surface area contributed by atoms with Gasteiger partial charge in [0.2, 0.25) is 5.95 Å². The molecule has 21 heavy (non-hydrogen) atoms. The lowest BCUT2D eigenvalue weighted by Crippen LogP contribution is -2.36. The summed E-state index contributed by atoms with van der Waals surface area (Å²) in [6.45, 7) is -0.802. The van der Waals surface area contributed by atoms with Crippen LogP contribution in [0.25, 0.3) is 0 Å². The Morgan fingerprint density at radius 3 is 2.71 bits per heavy atom. The SMILES string of the molecule is Nc1ncn([C@@H]2O[C@H](COP(=O)([O-])[O-])[C@@H](O)[C@H]2O)c(=O)n1. The van der Waals surface area contributed by atoms with Gasteiger partial charge in [-0.1, -0.05) is 0 Å². The smallest absolute Gasteiger partial charge is 0.354 e. The van der Waals surface area contributed by atoms with Crippen LogP contribution >= 0.6 is 7.82 Å². The van der Waals surface area contributed by atoms with Crippen molar-refractivity contribution < 1.29 is 33.8 Å². The van der Waals surface area contributed by atoms with E-state index in [0.29, 0.717) is 0 Å². The van der Waals surface area contributed by atoms with Crippen molar-refractivity contribution in [2.24, 2.45) is 0 Å². The number of ether oxygens (including phenoxy) is 1. The predicted octanol–water partition coefficient (Wildman–Crippen LogP) is -4.31. The molecule has 2 rings (SSSR count). The van der Waals surface area contributed by atoms with Gasteiger partial charge in [0.15, 0.2) is 6.23 Å². The van der Waals surface area contributed by atoms with E-state index in [4.69, 9.17) is 10.5 Å². The van der Waals surface area contributed by atoms with Crippen LogP contribution in [0.1, 0.15) is 6.23 Å². The average Bonchev–Trinajstić information content (AvgIpc) is 2.64. The lowest BCUT2D eigenvalue weighted by atomic mass is 10.1. The second kappa shape index (κ2) is 5.77. The van der Waals surface area contributed by atoms with Crippen LogP contribution < -0.4 is 21.2 Å². The van der Waals surface area contributed by atoms with Gasteiger partial charge >= 0.3 is 5.69 Å². The van der Waals surface area contributed by atoms with Gasteiger partial charge < -0.3 is 39.6 Å². The molecule has 1 aromatic rings. The molecule has 0 aliphatic carbocycles. The van der Waals surface area contributed by atoms with Crippen LogP contribution in [-0.4, -0.2) is 49.7 Å². The normalized spacial score (nSPS) is 29.7. The van der Waals surface area contributed by atoms with Crippen LogP contribution in [0.2, 0.25) is 0 Å². The first-order valence-electron chi connectivity index (χ1n) is 5.58. The number of hydrogen-bond acceptors (Lipinski definition) is 11. The van der Waals surface area contributed by atoms with E-state index in [9.17, 15) is 29.4 Å². The molecule has 0 spiro atoms. The summed E-state index contributed by atoms with van der Waals surface area (Å²) < 4.78 is 20.2. The Morgan fingerprint density at radius 2 is 2.14 bits per heavy atom. The van der Waals surface area contributed by atoms with Crippen molar-refractivity contribution in [3.05, 3.63) is 16.8 Å². The van der Waals surface area contributed by atoms with Gasteiger partial charge in [-0.2, -0.15) is 4.98 Å². The van der Waals surface area contributed by atoms with E-state index in [-0.39, 0.29) is 5.95 Å². The summed E-state index contributed by atoms with van der Waals surface area (Å²) in [7, 11) is -5.25. The highest BCUT2D eigenvalue weighted by molar-refractivity contribution is 7.43. The zero-order valence-corrected chi connectivity index (χ0v) is 11.2. The van der Waals surface area contributed by atoms with E-state index in [2.05, 4.69) is 14.5 Å². The molecule has 2 heterocycles. The van der Waals surface area contributed by atoms with Crippen LogP contribution in [-0.2, 0) is 13.8 Å². The first-order valence-corrected chi connectivity index (χ1v) is 7.04. The second-order valence-corrected chi connectivity index (χ2v) is 5.35. The molecule has 0 unspecified atom stereocenters. The first kappa shape index (κ1) is 16.0. The molecule has 0 saturated carbocycles. The van der Waals surface area contributed by atoms with Gasteiger partial charge in [0.1, 0.15) is 24.6 Å². The van der Waals surface area contributed by atoms with Crippen molar-refractivity contribution in [2.75, 3.05) is 12.3 Å². The van der Waals surface area contributed by atoms with Gasteiger partial charge in [0, 0.05) is 0 Å². The molecule has 0 aromatic carbocycles. The summed E-state index contributed by atoms with van der Waals surface area (Å²) in [4.78, 5) is 39.2. The molecule has 1 fully saturated rings. The number of hydrogen-bond donors (Lipinski definition) is 3. The van der Waals surface area contributed by atoms with Crippen molar-refractivity contribution in [1.82, 2.24) is 14.5 Å². The molecule has 1 aliphatic heterocycles. The third-order valence-corrected chi connectivity index (χ3v) is 3.22. The Hall–Kier alpha value is -1.40. The molecule has 12 nitrogen and oxygen atoms in total. The first-order chi connectivity index (χ1) is 9.69. The van der Waals surface area contributed by atoms with Crippen LogP contribution in [0.4, 0.5) is 5.95 Å². The van der Waals surface area contributed by atoms with Gasteiger partial charge in [-0.05, 0) is 0 Å². The number of nitrogens with zero attached hydrogens (tertiary/aromatic N) is 3. The van der Waals surface area contributed by atoms with Crippen LogP contribution in [0.5, 0.6) is 0 Å². The predicted molar refractivity (Wildman–Crippen MR) is 60.2 cm³/mol. The maximum atomic E-state index is 11.6. The minimum absolute atomic E-state index is 0.289.